The maximum Gasteiger partial charge on any atom is 0.416 e. The number of hydrogen-bond acceptors (Lipinski definition) is 6. The molecule has 0 spiro atoms. The number of benzene rings is 1. The Bertz CT molecular complexity index is 1140. The van der Waals surface area contributed by atoms with Gasteiger partial charge in [-0.05, 0) is 64.3 Å². The van der Waals surface area contributed by atoms with Gasteiger partial charge < -0.3 is 14.8 Å². The van der Waals surface area contributed by atoms with E-state index in [9.17, 15) is 27.6 Å². The van der Waals surface area contributed by atoms with Gasteiger partial charge in [0.25, 0.3) is 0 Å². The second-order valence-electron chi connectivity index (χ2n) is 9.92. The molecule has 202 valence electrons. The number of halogens is 3. The average Bonchev–Trinajstić information content (AvgIpc) is 3.40. The van der Waals surface area contributed by atoms with E-state index in [-0.39, 0.29) is 30.5 Å². The fourth-order valence-corrected chi connectivity index (χ4v) is 3.96. The van der Waals surface area contributed by atoms with Crippen molar-refractivity contribution in [1.29, 1.82) is 0 Å². The van der Waals surface area contributed by atoms with Crippen LogP contribution in [-0.4, -0.2) is 57.4 Å². The molecule has 2 aromatic rings. The number of likely N-dealkylation sites (tertiary alicyclic amines) is 1. The second kappa shape index (κ2) is 10.8. The van der Waals surface area contributed by atoms with Crippen LogP contribution in [0, 0.1) is 5.92 Å². The summed E-state index contributed by atoms with van der Waals surface area (Å²) in [7, 11) is 0. The minimum absolute atomic E-state index is 0.0779. The van der Waals surface area contributed by atoms with Crippen LogP contribution in [-0.2, 0) is 27.0 Å². The van der Waals surface area contributed by atoms with E-state index < -0.39 is 41.4 Å². The molecule has 37 heavy (non-hydrogen) atoms. The zero-order valence-corrected chi connectivity index (χ0v) is 21.4. The van der Waals surface area contributed by atoms with Crippen molar-refractivity contribution in [2.75, 3.05) is 13.2 Å². The zero-order chi connectivity index (χ0) is 27.5. The van der Waals surface area contributed by atoms with Crippen LogP contribution in [0.15, 0.2) is 30.5 Å². The Hall–Kier alpha value is -3.57. The molecule has 0 unspecified atom stereocenters. The van der Waals surface area contributed by atoms with Gasteiger partial charge in [-0.25, -0.2) is 14.3 Å². The number of nitrogens with one attached hydrogen (secondary N) is 1. The maximum atomic E-state index is 13.0. The molecule has 9 nitrogen and oxygen atoms in total. The van der Waals surface area contributed by atoms with Crippen LogP contribution in [0.25, 0.3) is 5.69 Å². The fourth-order valence-electron chi connectivity index (χ4n) is 3.96. The molecular formula is C25H31F3N4O5. The predicted octanol–water partition coefficient (Wildman–Crippen LogP) is 4.33. The minimum Gasteiger partial charge on any atom is -0.461 e. The molecule has 1 N–H and O–H groups in total. The van der Waals surface area contributed by atoms with Crippen molar-refractivity contribution in [3.05, 3.63) is 47.3 Å². The molecule has 1 fully saturated rings. The molecule has 0 saturated carbocycles. The first-order valence-electron chi connectivity index (χ1n) is 11.9. The van der Waals surface area contributed by atoms with Gasteiger partial charge in [0.1, 0.15) is 11.6 Å². The normalized spacial score (nSPS) is 18.0. The van der Waals surface area contributed by atoms with Crippen molar-refractivity contribution < 1.29 is 37.0 Å². The van der Waals surface area contributed by atoms with Gasteiger partial charge in [0.2, 0.25) is 5.91 Å². The van der Waals surface area contributed by atoms with E-state index in [1.807, 2.05) is 6.92 Å². The van der Waals surface area contributed by atoms with Crippen LogP contribution in [0.4, 0.5) is 18.0 Å². The SMILES string of the molecule is CCOC(=O)c1nn(-c2ccc(C(F)(F)F)cc2)cc1CNC(=O)[C@@H]1C[C@@H](C)CN1C(=O)OC(C)(C)C. The molecule has 0 radical (unpaired) electrons. The molecule has 3 rings (SSSR count). The van der Waals surface area contributed by atoms with E-state index in [0.29, 0.717) is 18.5 Å². The molecule has 1 aliphatic rings. The summed E-state index contributed by atoms with van der Waals surface area (Å²) in [5, 5.41) is 6.93. The van der Waals surface area contributed by atoms with Crippen molar-refractivity contribution in [2.24, 2.45) is 5.92 Å². The van der Waals surface area contributed by atoms with Crippen molar-refractivity contribution in [2.45, 2.75) is 65.4 Å². The molecule has 2 atom stereocenters. The van der Waals surface area contributed by atoms with Crippen LogP contribution in [0.3, 0.4) is 0 Å². The van der Waals surface area contributed by atoms with Crippen molar-refractivity contribution >= 4 is 18.0 Å². The summed E-state index contributed by atoms with van der Waals surface area (Å²) in [4.78, 5) is 39.6. The third kappa shape index (κ3) is 7.01. The lowest BCUT2D eigenvalue weighted by atomic mass is 10.1. The third-order valence-electron chi connectivity index (χ3n) is 5.61. The zero-order valence-electron chi connectivity index (χ0n) is 21.4. The first-order valence-corrected chi connectivity index (χ1v) is 11.9. The Morgan fingerprint density at radius 3 is 2.35 bits per heavy atom. The van der Waals surface area contributed by atoms with Crippen LogP contribution in [0.1, 0.15) is 62.7 Å². The minimum atomic E-state index is -4.49. The summed E-state index contributed by atoms with van der Waals surface area (Å²) in [5.41, 5.74) is -1.02. The monoisotopic (exact) mass is 524 g/mol. The molecular weight excluding hydrogens is 493 g/mol. The lowest BCUT2D eigenvalue weighted by Crippen LogP contribution is -2.47. The topological polar surface area (TPSA) is 103 Å². The number of amides is 2. The smallest absolute Gasteiger partial charge is 0.416 e. The second-order valence-corrected chi connectivity index (χ2v) is 9.92. The third-order valence-corrected chi connectivity index (χ3v) is 5.61. The van der Waals surface area contributed by atoms with E-state index in [0.717, 1.165) is 12.1 Å². The van der Waals surface area contributed by atoms with Crippen molar-refractivity contribution in [3.63, 3.8) is 0 Å². The Balaban J connectivity index is 1.80. The number of nitrogens with zero attached hydrogens (tertiary/aromatic N) is 3. The molecule has 0 aliphatic carbocycles. The predicted molar refractivity (Wildman–Crippen MR) is 127 cm³/mol. The van der Waals surface area contributed by atoms with Gasteiger partial charge in [-0.15, -0.1) is 0 Å². The summed E-state index contributed by atoms with van der Waals surface area (Å²) < 4.78 is 50.5. The highest BCUT2D eigenvalue weighted by atomic mass is 19.4. The molecule has 1 aliphatic heterocycles. The summed E-state index contributed by atoms with van der Waals surface area (Å²) in [6, 6.07) is 3.53. The largest absolute Gasteiger partial charge is 0.461 e. The molecule has 12 heteroatoms. The van der Waals surface area contributed by atoms with Crippen molar-refractivity contribution in [3.8, 4) is 5.69 Å². The van der Waals surface area contributed by atoms with Gasteiger partial charge in [-0.3, -0.25) is 9.69 Å². The average molecular weight is 525 g/mol. The standard InChI is InChI=1S/C25H31F3N4O5/c1-6-36-22(34)20-16(14-32(30-20)18-9-7-17(8-10-18)25(26,27)28)12-29-21(33)19-11-15(2)13-31(19)23(35)37-24(3,4)5/h7-10,14-15,19H,6,11-13H2,1-5H3,(H,29,33)/t15-,19+/m1/s1. The molecule has 1 saturated heterocycles. The first kappa shape index (κ1) is 28.0. The van der Waals surface area contributed by atoms with Crippen LogP contribution >= 0.6 is 0 Å². The number of aromatic nitrogens is 2. The van der Waals surface area contributed by atoms with E-state index >= 15 is 0 Å². The number of carbonyl (C=O) groups excluding carboxylic acids is 3. The van der Waals surface area contributed by atoms with Crippen LogP contribution in [0.5, 0.6) is 0 Å². The number of hydrogen-bond donors (Lipinski definition) is 1. The van der Waals surface area contributed by atoms with Gasteiger partial charge in [-0.2, -0.15) is 18.3 Å². The lowest BCUT2D eigenvalue weighted by molar-refractivity contribution is -0.137. The molecule has 0 bridgehead atoms. The molecule has 2 heterocycles. The number of carbonyl (C=O) groups is 3. The molecule has 1 aromatic heterocycles. The van der Waals surface area contributed by atoms with Gasteiger partial charge in [0, 0.05) is 24.8 Å². The Morgan fingerprint density at radius 2 is 1.78 bits per heavy atom. The lowest BCUT2D eigenvalue weighted by Gasteiger charge is -2.28. The summed E-state index contributed by atoms with van der Waals surface area (Å²) in [6.45, 7) is 9.12. The van der Waals surface area contributed by atoms with Gasteiger partial charge in [0.15, 0.2) is 5.69 Å². The van der Waals surface area contributed by atoms with Gasteiger partial charge in [0.05, 0.1) is 17.9 Å². The summed E-state index contributed by atoms with van der Waals surface area (Å²) in [6.07, 6.45) is -3.18. The van der Waals surface area contributed by atoms with E-state index in [2.05, 4.69) is 10.4 Å². The highest BCUT2D eigenvalue weighted by Crippen LogP contribution is 2.30. The highest BCUT2D eigenvalue weighted by Gasteiger charge is 2.40. The van der Waals surface area contributed by atoms with E-state index in [1.165, 1.54) is 27.9 Å². The first-order chi connectivity index (χ1) is 17.2. The Labute approximate surface area is 212 Å². The summed E-state index contributed by atoms with van der Waals surface area (Å²) in [5.74, 6) is -1.07. The number of esters is 1. The van der Waals surface area contributed by atoms with Crippen LogP contribution in [0.2, 0.25) is 0 Å². The molecule has 1 aromatic carbocycles. The van der Waals surface area contributed by atoms with Gasteiger partial charge >= 0.3 is 18.2 Å². The highest BCUT2D eigenvalue weighted by molar-refractivity contribution is 5.90. The number of alkyl halides is 3. The Kier molecular flexibility index (Phi) is 8.19. The molecule has 2 amide bonds. The van der Waals surface area contributed by atoms with Crippen LogP contribution < -0.4 is 5.32 Å². The van der Waals surface area contributed by atoms with Gasteiger partial charge in [-0.1, -0.05) is 6.92 Å². The maximum absolute atomic E-state index is 13.0. The number of rotatable bonds is 6. The van der Waals surface area contributed by atoms with Crippen molar-refractivity contribution in [1.82, 2.24) is 20.0 Å². The van der Waals surface area contributed by atoms with E-state index in [1.54, 1.807) is 27.7 Å². The Morgan fingerprint density at radius 1 is 1.14 bits per heavy atom. The van der Waals surface area contributed by atoms with E-state index in [4.69, 9.17) is 9.47 Å². The quantitative estimate of drug-likeness (QED) is 0.565. The fraction of sp³-hybridized carbons (Fsp3) is 0.520. The summed E-state index contributed by atoms with van der Waals surface area (Å²) >= 11 is 0. The number of ether oxygens (including phenoxy) is 2.